The van der Waals surface area contributed by atoms with Crippen molar-refractivity contribution in [3.63, 3.8) is 0 Å². The Morgan fingerprint density at radius 2 is 1.81 bits per heavy atom. The maximum atomic E-state index is 5.43. The van der Waals surface area contributed by atoms with Crippen LogP contribution in [0.3, 0.4) is 0 Å². The predicted molar refractivity (Wildman–Crippen MR) is 79.7 cm³/mol. The van der Waals surface area contributed by atoms with Crippen LogP contribution < -0.4 is 14.4 Å². The minimum absolute atomic E-state index is 0.293. The van der Waals surface area contributed by atoms with Crippen LogP contribution in [0.2, 0.25) is 0 Å². The third-order valence-electron chi connectivity index (χ3n) is 3.95. The molecule has 1 aromatic heterocycles. The number of nitrogens with zero attached hydrogens (tertiary/aromatic N) is 3. The van der Waals surface area contributed by atoms with E-state index in [9.17, 15) is 0 Å². The van der Waals surface area contributed by atoms with Crippen molar-refractivity contribution in [2.45, 2.75) is 19.3 Å². The highest BCUT2D eigenvalue weighted by Gasteiger charge is 2.16. The summed E-state index contributed by atoms with van der Waals surface area (Å²) in [5.74, 6) is 2.40. The van der Waals surface area contributed by atoms with E-state index in [1.807, 2.05) is 30.5 Å². The van der Waals surface area contributed by atoms with Crippen molar-refractivity contribution in [2.24, 2.45) is 0 Å². The Morgan fingerprint density at radius 1 is 0.952 bits per heavy atom. The van der Waals surface area contributed by atoms with Crippen LogP contribution in [0.25, 0.3) is 11.3 Å². The second kappa shape index (κ2) is 5.24. The van der Waals surface area contributed by atoms with Crippen molar-refractivity contribution in [2.75, 3.05) is 24.8 Å². The normalized spacial score (nSPS) is 17.0. The fraction of sp³-hybridized carbons (Fsp3) is 0.375. The number of piperidine rings is 1. The lowest BCUT2D eigenvalue weighted by atomic mass is 10.1. The highest BCUT2D eigenvalue weighted by molar-refractivity contribution is 5.65. The van der Waals surface area contributed by atoms with Crippen LogP contribution in [0.4, 0.5) is 5.95 Å². The Bertz CT molecular complexity index is 654. The van der Waals surface area contributed by atoms with Gasteiger partial charge in [0, 0.05) is 24.8 Å². The number of rotatable bonds is 2. The smallest absolute Gasteiger partial charge is 0.231 e. The molecule has 0 spiro atoms. The maximum Gasteiger partial charge on any atom is 0.231 e. The molecule has 0 aliphatic carbocycles. The van der Waals surface area contributed by atoms with Gasteiger partial charge < -0.3 is 14.4 Å². The molecule has 21 heavy (non-hydrogen) atoms. The van der Waals surface area contributed by atoms with E-state index in [2.05, 4.69) is 9.88 Å². The molecule has 2 aliphatic rings. The molecule has 2 aromatic rings. The standard InChI is InChI=1S/C16H17N3O2/c1-2-8-19(9-3-1)16-17-7-6-13(18-16)12-4-5-14-15(10-12)21-11-20-14/h4-7,10H,1-3,8-9,11H2. The number of fused-ring (bicyclic) bond motifs is 1. The van der Waals surface area contributed by atoms with Gasteiger partial charge in [0.05, 0.1) is 5.69 Å². The summed E-state index contributed by atoms with van der Waals surface area (Å²) in [4.78, 5) is 11.4. The Hall–Kier alpha value is -2.30. The Kier molecular flexibility index (Phi) is 3.10. The lowest BCUT2D eigenvalue weighted by Gasteiger charge is -2.26. The minimum atomic E-state index is 0.293. The van der Waals surface area contributed by atoms with Gasteiger partial charge in [-0.1, -0.05) is 0 Å². The van der Waals surface area contributed by atoms with Crippen molar-refractivity contribution in [3.05, 3.63) is 30.5 Å². The maximum absolute atomic E-state index is 5.43. The molecule has 2 aliphatic heterocycles. The summed E-state index contributed by atoms with van der Waals surface area (Å²) >= 11 is 0. The van der Waals surface area contributed by atoms with Gasteiger partial charge in [0.25, 0.3) is 0 Å². The summed E-state index contributed by atoms with van der Waals surface area (Å²) in [7, 11) is 0. The molecule has 0 atom stereocenters. The second-order valence-electron chi connectivity index (χ2n) is 5.36. The second-order valence-corrected chi connectivity index (χ2v) is 5.36. The van der Waals surface area contributed by atoms with Crippen molar-refractivity contribution in [3.8, 4) is 22.8 Å². The number of benzene rings is 1. The predicted octanol–water partition coefficient (Wildman–Crippen LogP) is 2.86. The zero-order valence-electron chi connectivity index (χ0n) is 11.8. The van der Waals surface area contributed by atoms with Gasteiger partial charge in [0.1, 0.15) is 0 Å². The lowest BCUT2D eigenvalue weighted by Crippen LogP contribution is -2.30. The van der Waals surface area contributed by atoms with Crippen molar-refractivity contribution < 1.29 is 9.47 Å². The van der Waals surface area contributed by atoms with Crippen molar-refractivity contribution in [1.29, 1.82) is 0 Å². The average Bonchev–Trinajstić information content (AvgIpc) is 3.03. The molecule has 1 fully saturated rings. The quantitative estimate of drug-likeness (QED) is 0.848. The van der Waals surface area contributed by atoms with Gasteiger partial charge in [0.15, 0.2) is 11.5 Å². The van der Waals surface area contributed by atoms with Crippen LogP contribution in [0.1, 0.15) is 19.3 Å². The molecule has 0 amide bonds. The van der Waals surface area contributed by atoms with Crippen LogP contribution in [0, 0.1) is 0 Å². The molecule has 5 nitrogen and oxygen atoms in total. The molecular weight excluding hydrogens is 266 g/mol. The highest BCUT2D eigenvalue weighted by atomic mass is 16.7. The molecule has 0 bridgehead atoms. The molecule has 5 heteroatoms. The number of anilines is 1. The van der Waals surface area contributed by atoms with Crippen LogP contribution in [0.5, 0.6) is 11.5 Å². The summed E-state index contributed by atoms with van der Waals surface area (Å²) in [6.45, 7) is 2.39. The van der Waals surface area contributed by atoms with E-state index < -0.39 is 0 Å². The molecular formula is C16H17N3O2. The third-order valence-corrected chi connectivity index (χ3v) is 3.95. The van der Waals surface area contributed by atoms with Crippen molar-refractivity contribution >= 4 is 5.95 Å². The molecule has 0 unspecified atom stereocenters. The largest absolute Gasteiger partial charge is 0.454 e. The van der Waals surface area contributed by atoms with E-state index in [0.717, 1.165) is 41.8 Å². The van der Waals surface area contributed by atoms with Gasteiger partial charge in [0.2, 0.25) is 12.7 Å². The van der Waals surface area contributed by atoms with Crippen LogP contribution in [-0.4, -0.2) is 29.9 Å². The zero-order valence-corrected chi connectivity index (χ0v) is 11.8. The fourth-order valence-electron chi connectivity index (χ4n) is 2.81. The highest BCUT2D eigenvalue weighted by Crippen LogP contribution is 2.35. The molecule has 1 aromatic carbocycles. The zero-order chi connectivity index (χ0) is 14.1. The molecule has 108 valence electrons. The van der Waals surface area contributed by atoms with Gasteiger partial charge in [-0.05, 0) is 43.5 Å². The van der Waals surface area contributed by atoms with E-state index >= 15 is 0 Å². The van der Waals surface area contributed by atoms with E-state index in [4.69, 9.17) is 14.5 Å². The van der Waals surface area contributed by atoms with E-state index in [0.29, 0.717) is 6.79 Å². The first kappa shape index (κ1) is 12.4. The van der Waals surface area contributed by atoms with Crippen LogP contribution >= 0.6 is 0 Å². The summed E-state index contributed by atoms with van der Waals surface area (Å²) in [6.07, 6.45) is 5.57. The first-order chi connectivity index (χ1) is 10.4. The fourth-order valence-corrected chi connectivity index (χ4v) is 2.81. The van der Waals surface area contributed by atoms with Gasteiger partial charge in [-0.2, -0.15) is 0 Å². The summed E-state index contributed by atoms with van der Waals surface area (Å²) in [5.41, 5.74) is 1.95. The number of hydrogen-bond acceptors (Lipinski definition) is 5. The molecule has 0 N–H and O–H groups in total. The van der Waals surface area contributed by atoms with Gasteiger partial charge >= 0.3 is 0 Å². The summed E-state index contributed by atoms with van der Waals surface area (Å²) in [6, 6.07) is 7.85. The monoisotopic (exact) mass is 283 g/mol. The molecule has 4 rings (SSSR count). The summed E-state index contributed by atoms with van der Waals surface area (Å²) < 4.78 is 10.8. The Labute approximate surface area is 123 Å². The number of hydrogen-bond donors (Lipinski definition) is 0. The molecule has 1 saturated heterocycles. The van der Waals surface area contributed by atoms with Crippen LogP contribution in [0.15, 0.2) is 30.5 Å². The third kappa shape index (κ3) is 2.39. The number of aromatic nitrogens is 2. The van der Waals surface area contributed by atoms with Crippen LogP contribution in [-0.2, 0) is 0 Å². The topological polar surface area (TPSA) is 47.5 Å². The molecule has 3 heterocycles. The SMILES string of the molecule is c1cc(-c2ccc3c(c2)OCO3)nc(N2CCCCC2)n1. The first-order valence-electron chi connectivity index (χ1n) is 7.38. The number of ether oxygens (including phenoxy) is 2. The first-order valence-corrected chi connectivity index (χ1v) is 7.38. The van der Waals surface area contributed by atoms with Gasteiger partial charge in [-0.15, -0.1) is 0 Å². The van der Waals surface area contributed by atoms with Crippen molar-refractivity contribution in [1.82, 2.24) is 9.97 Å². The van der Waals surface area contributed by atoms with E-state index in [-0.39, 0.29) is 0 Å². The Morgan fingerprint density at radius 3 is 2.71 bits per heavy atom. The summed E-state index contributed by atoms with van der Waals surface area (Å²) in [5, 5.41) is 0. The van der Waals surface area contributed by atoms with Gasteiger partial charge in [-0.3, -0.25) is 0 Å². The molecule has 0 radical (unpaired) electrons. The van der Waals surface area contributed by atoms with E-state index in [1.165, 1.54) is 19.3 Å². The van der Waals surface area contributed by atoms with Gasteiger partial charge in [-0.25, -0.2) is 9.97 Å². The minimum Gasteiger partial charge on any atom is -0.454 e. The molecule has 0 saturated carbocycles. The van der Waals surface area contributed by atoms with E-state index in [1.54, 1.807) is 0 Å². The Balaban J connectivity index is 1.65. The lowest BCUT2D eigenvalue weighted by molar-refractivity contribution is 0.174. The average molecular weight is 283 g/mol.